The molecule has 1 aromatic carbocycles. The number of hydrogen-bond donors (Lipinski definition) is 0. The van der Waals surface area contributed by atoms with Crippen molar-refractivity contribution in [1.29, 1.82) is 0 Å². The van der Waals surface area contributed by atoms with Gasteiger partial charge in [0.25, 0.3) is 0 Å². The van der Waals surface area contributed by atoms with E-state index < -0.39 is 0 Å². The number of halogens is 2. The molecule has 3 nitrogen and oxygen atoms in total. The Morgan fingerprint density at radius 1 is 1.37 bits per heavy atom. The minimum absolute atomic E-state index is 0.0591. The molecule has 2 aliphatic rings. The second-order valence-electron chi connectivity index (χ2n) is 4.01. The number of thioether (sulfide) groups is 1. The lowest BCUT2D eigenvalue weighted by molar-refractivity contribution is 0.627. The highest BCUT2D eigenvalue weighted by Gasteiger charge is 2.21. The Bertz CT molecular complexity index is 637. The SMILES string of the molecule is Fc1ccc(CSC2=NC3C=CC=NC3=N2)c(Cl)c1. The predicted octanol–water partition coefficient (Wildman–Crippen LogP) is 3.49. The minimum atomic E-state index is -0.331. The van der Waals surface area contributed by atoms with Crippen LogP contribution in [0.25, 0.3) is 0 Å². The number of benzene rings is 1. The summed E-state index contributed by atoms with van der Waals surface area (Å²) in [5, 5.41) is 1.11. The van der Waals surface area contributed by atoms with Crippen molar-refractivity contribution in [2.24, 2.45) is 15.0 Å². The topological polar surface area (TPSA) is 37.1 Å². The number of allylic oxidation sites excluding steroid dienone is 1. The summed E-state index contributed by atoms with van der Waals surface area (Å²) in [4.78, 5) is 12.9. The molecular formula is C13H9ClFN3S. The van der Waals surface area contributed by atoms with Gasteiger partial charge in [-0.1, -0.05) is 35.5 Å². The highest BCUT2D eigenvalue weighted by Crippen LogP contribution is 2.25. The minimum Gasteiger partial charge on any atom is -0.245 e. The highest BCUT2D eigenvalue weighted by atomic mass is 35.5. The van der Waals surface area contributed by atoms with E-state index in [1.165, 1.54) is 23.9 Å². The van der Waals surface area contributed by atoms with Crippen molar-refractivity contribution in [3.05, 3.63) is 46.8 Å². The lowest BCUT2D eigenvalue weighted by Crippen LogP contribution is -2.12. The van der Waals surface area contributed by atoms with Crippen molar-refractivity contribution in [2.75, 3.05) is 0 Å². The Morgan fingerprint density at radius 2 is 2.26 bits per heavy atom. The quantitative estimate of drug-likeness (QED) is 0.822. The summed E-state index contributed by atoms with van der Waals surface area (Å²) in [5.74, 6) is 0.993. The van der Waals surface area contributed by atoms with Gasteiger partial charge in [-0.25, -0.2) is 19.4 Å². The van der Waals surface area contributed by atoms with Gasteiger partial charge in [-0.15, -0.1) is 0 Å². The van der Waals surface area contributed by atoms with Gasteiger partial charge < -0.3 is 0 Å². The van der Waals surface area contributed by atoms with E-state index in [-0.39, 0.29) is 11.9 Å². The third-order valence-electron chi connectivity index (χ3n) is 2.68. The Labute approximate surface area is 119 Å². The molecule has 0 saturated carbocycles. The molecule has 3 rings (SSSR count). The standard InChI is InChI=1S/C13H9ClFN3S/c14-10-6-9(15)4-3-8(10)7-19-13-17-11-2-1-5-16-12(11)18-13/h1-6,11H,7H2. The lowest BCUT2D eigenvalue weighted by Gasteiger charge is -2.03. The average molecular weight is 294 g/mol. The zero-order valence-corrected chi connectivity index (χ0v) is 11.3. The maximum absolute atomic E-state index is 12.9. The summed E-state index contributed by atoms with van der Waals surface area (Å²) in [7, 11) is 0. The van der Waals surface area contributed by atoms with Crippen molar-refractivity contribution >= 4 is 40.6 Å². The maximum Gasteiger partial charge on any atom is 0.186 e. The second-order valence-corrected chi connectivity index (χ2v) is 5.36. The normalized spacial score (nSPS) is 20.2. The van der Waals surface area contributed by atoms with Crippen molar-refractivity contribution in [3.8, 4) is 0 Å². The molecule has 0 aromatic heterocycles. The van der Waals surface area contributed by atoms with Gasteiger partial charge >= 0.3 is 0 Å². The number of aliphatic imine (C=N–C) groups is 3. The van der Waals surface area contributed by atoms with Crippen LogP contribution >= 0.6 is 23.4 Å². The molecule has 1 atom stereocenters. The summed E-state index contributed by atoms with van der Waals surface area (Å²) in [5.41, 5.74) is 0.866. The van der Waals surface area contributed by atoms with Crippen molar-refractivity contribution in [1.82, 2.24) is 0 Å². The number of hydrogen-bond acceptors (Lipinski definition) is 4. The fourth-order valence-electron chi connectivity index (χ4n) is 1.73. The molecule has 0 radical (unpaired) electrons. The van der Waals surface area contributed by atoms with Gasteiger partial charge in [-0.05, 0) is 23.8 Å². The molecule has 1 aromatic rings. The Hall–Kier alpha value is -1.46. The van der Waals surface area contributed by atoms with Crippen LogP contribution < -0.4 is 0 Å². The molecule has 0 fully saturated rings. The van der Waals surface area contributed by atoms with Crippen LogP contribution in [0.4, 0.5) is 4.39 Å². The molecule has 0 spiro atoms. The number of amidine groups is 2. The number of dihydropyridines is 1. The third kappa shape index (κ3) is 2.77. The van der Waals surface area contributed by atoms with Crippen LogP contribution in [-0.4, -0.2) is 23.3 Å². The zero-order valence-electron chi connectivity index (χ0n) is 9.75. The van der Waals surface area contributed by atoms with Crippen molar-refractivity contribution in [2.45, 2.75) is 11.8 Å². The Kier molecular flexibility index (Phi) is 3.48. The van der Waals surface area contributed by atoms with Gasteiger partial charge in [0.05, 0.1) is 0 Å². The largest absolute Gasteiger partial charge is 0.245 e. The monoisotopic (exact) mass is 293 g/mol. The van der Waals surface area contributed by atoms with E-state index in [0.29, 0.717) is 15.9 Å². The van der Waals surface area contributed by atoms with Crippen LogP contribution in [0.3, 0.4) is 0 Å². The first-order valence-corrected chi connectivity index (χ1v) is 7.03. The average Bonchev–Trinajstić information content (AvgIpc) is 2.80. The van der Waals surface area contributed by atoms with E-state index >= 15 is 0 Å². The molecule has 19 heavy (non-hydrogen) atoms. The molecule has 2 aliphatic heterocycles. The predicted molar refractivity (Wildman–Crippen MR) is 79.0 cm³/mol. The van der Waals surface area contributed by atoms with E-state index in [0.717, 1.165) is 11.4 Å². The van der Waals surface area contributed by atoms with Crippen LogP contribution in [-0.2, 0) is 5.75 Å². The van der Waals surface area contributed by atoms with Gasteiger partial charge in [0.1, 0.15) is 11.9 Å². The van der Waals surface area contributed by atoms with Crippen molar-refractivity contribution < 1.29 is 4.39 Å². The smallest absolute Gasteiger partial charge is 0.186 e. The molecule has 0 amide bonds. The lowest BCUT2D eigenvalue weighted by atomic mass is 10.2. The van der Waals surface area contributed by atoms with Crippen LogP contribution in [0.1, 0.15) is 5.56 Å². The zero-order chi connectivity index (χ0) is 13.2. The van der Waals surface area contributed by atoms with Crippen LogP contribution in [0, 0.1) is 5.82 Å². The number of nitrogens with zero attached hydrogens (tertiary/aromatic N) is 3. The fourth-order valence-corrected chi connectivity index (χ4v) is 2.92. The molecular weight excluding hydrogens is 285 g/mol. The van der Waals surface area contributed by atoms with E-state index in [4.69, 9.17) is 11.6 Å². The molecule has 0 saturated heterocycles. The van der Waals surface area contributed by atoms with Crippen LogP contribution in [0.15, 0.2) is 45.3 Å². The summed E-state index contributed by atoms with van der Waals surface area (Å²) >= 11 is 7.44. The molecule has 96 valence electrons. The Balaban J connectivity index is 1.69. The summed E-state index contributed by atoms with van der Waals surface area (Å²) in [6, 6.07) is 4.33. The molecule has 2 heterocycles. The van der Waals surface area contributed by atoms with Crippen LogP contribution in [0.2, 0.25) is 5.02 Å². The van der Waals surface area contributed by atoms with Gasteiger partial charge in [-0.3, -0.25) is 0 Å². The van der Waals surface area contributed by atoms with Gasteiger partial charge in [-0.2, -0.15) is 0 Å². The van der Waals surface area contributed by atoms with E-state index in [2.05, 4.69) is 15.0 Å². The van der Waals surface area contributed by atoms with Gasteiger partial charge in [0.15, 0.2) is 11.0 Å². The number of rotatable bonds is 2. The molecule has 6 heteroatoms. The first-order chi connectivity index (χ1) is 9.22. The van der Waals surface area contributed by atoms with E-state index in [1.54, 1.807) is 12.3 Å². The van der Waals surface area contributed by atoms with E-state index in [9.17, 15) is 4.39 Å². The van der Waals surface area contributed by atoms with Gasteiger partial charge in [0.2, 0.25) is 0 Å². The summed E-state index contributed by atoms with van der Waals surface area (Å²) < 4.78 is 12.9. The third-order valence-corrected chi connectivity index (χ3v) is 3.94. The molecule has 0 N–H and O–H groups in total. The molecule has 0 bridgehead atoms. The molecule has 1 unspecified atom stereocenters. The molecule has 0 aliphatic carbocycles. The van der Waals surface area contributed by atoms with Gasteiger partial charge in [0, 0.05) is 17.0 Å². The van der Waals surface area contributed by atoms with Crippen LogP contribution in [0.5, 0.6) is 0 Å². The second kappa shape index (κ2) is 5.27. The maximum atomic E-state index is 12.9. The van der Waals surface area contributed by atoms with E-state index in [1.807, 2.05) is 12.2 Å². The summed E-state index contributed by atoms with van der Waals surface area (Å²) in [6.07, 6.45) is 5.51. The summed E-state index contributed by atoms with van der Waals surface area (Å²) in [6.45, 7) is 0. The first-order valence-electron chi connectivity index (χ1n) is 5.66. The highest BCUT2D eigenvalue weighted by molar-refractivity contribution is 8.13. The first kappa shape index (κ1) is 12.6. The fraction of sp³-hybridized carbons (Fsp3) is 0.154. The Morgan fingerprint density at radius 3 is 3.05 bits per heavy atom. The van der Waals surface area contributed by atoms with Crippen molar-refractivity contribution in [3.63, 3.8) is 0 Å². The number of fused-ring (bicyclic) bond motifs is 1.